The molecule has 2 aliphatic rings. The highest BCUT2D eigenvalue weighted by atomic mass is 16.6. The van der Waals surface area contributed by atoms with Gasteiger partial charge in [0.25, 0.3) is 5.56 Å². The fraction of sp³-hybridized carbons (Fsp3) is 0.500. The molecule has 1 aromatic carbocycles. The highest BCUT2D eigenvalue weighted by Gasteiger charge is 2.50. The molecule has 11 nitrogen and oxygen atoms in total. The first-order valence-electron chi connectivity index (χ1n) is 16.0. The Hall–Kier alpha value is -4.25. The van der Waals surface area contributed by atoms with E-state index in [0.717, 1.165) is 61.5 Å². The molecule has 0 aliphatic carbocycles. The van der Waals surface area contributed by atoms with Gasteiger partial charge in [0.2, 0.25) is 11.5 Å². The van der Waals surface area contributed by atoms with Crippen molar-refractivity contribution in [3.8, 4) is 17.1 Å². The minimum Gasteiger partial charge on any atom is -0.508 e. The minimum absolute atomic E-state index is 0.116. The van der Waals surface area contributed by atoms with E-state index < -0.39 is 17.5 Å². The lowest BCUT2D eigenvalue weighted by atomic mass is 9.85. The first-order chi connectivity index (χ1) is 21.7. The molecule has 0 radical (unpaired) electrons. The lowest BCUT2D eigenvalue weighted by Gasteiger charge is -2.35. The van der Waals surface area contributed by atoms with Crippen molar-refractivity contribution in [2.75, 3.05) is 0 Å². The van der Waals surface area contributed by atoms with Crippen molar-refractivity contribution in [3.05, 3.63) is 56.9 Å². The number of fused-ring (bicyclic) bond motifs is 5. The van der Waals surface area contributed by atoms with Gasteiger partial charge in [0.05, 0.1) is 29.0 Å². The number of benzene rings is 1. The predicted octanol–water partition coefficient (Wildman–Crippen LogP) is 5.30. The molecule has 2 aromatic heterocycles. The Morgan fingerprint density at radius 2 is 1.69 bits per heavy atom. The van der Waals surface area contributed by atoms with E-state index in [1.807, 2.05) is 6.92 Å². The number of unbranched alkanes of at least 4 members (excludes halogenated alkanes) is 7. The van der Waals surface area contributed by atoms with Gasteiger partial charge in [-0.2, -0.15) is 0 Å². The summed E-state index contributed by atoms with van der Waals surface area (Å²) in [7, 11) is 0. The summed E-state index contributed by atoms with van der Waals surface area (Å²) in [5.41, 5.74) is 4.10. The second-order valence-electron chi connectivity index (χ2n) is 11.9. The van der Waals surface area contributed by atoms with Crippen molar-refractivity contribution < 1.29 is 34.2 Å². The number of rotatable bonds is 14. The van der Waals surface area contributed by atoms with E-state index in [-0.39, 0.29) is 36.7 Å². The third-order valence-corrected chi connectivity index (χ3v) is 9.06. The Morgan fingerprint density at radius 3 is 2.36 bits per heavy atom. The number of carbonyl (C=O) groups excluding carboxylic acids is 3. The maximum atomic E-state index is 13.9. The molecule has 2 aliphatic heterocycles. The average molecular weight is 620 g/mol. The Labute approximate surface area is 261 Å². The van der Waals surface area contributed by atoms with Gasteiger partial charge < -0.3 is 19.1 Å². The number of nitrogens with zero attached hydrogens (tertiary/aromatic N) is 2. The van der Waals surface area contributed by atoms with Crippen LogP contribution in [0.4, 0.5) is 0 Å². The number of hydrogen-bond acceptors (Lipinski definition) is 9. The number of aromatic nitrogens is 2. The number of amides is 1. The Kier molecular flexibility index (Phi) is 9.86. The van der Waals surface area contributed by atoms with E-state index in [1.165, 1.54) is 0 Å². The van der Waals surface area contributed by atoms with Crippen molar-refractivity contribution in [1.29, 1.82) is 0 Å². The van der Waals surface area contributed by atoms with Crippen LogP contribution in [0, 0.1) is 0 Å². The lowest BCUT2D eigenvalue weighted by Crippen LogP contribution is -2.47. The molecule has 1 atom stereocenters. The van der Waals surface area contributed by atoms with E-state index in [2.05, 4.69) is 0 Å². The number of cyclic esters (lactones) is 1. The Bertz CT molecular complexity index is 1680. The molecule has 0 saturated carbocycles. The number of hydroxylamine groups is 1. The van der Waals surface area contributed by atoms with Gasteiger partial charge in [-0.1, -0.05) is 52.4 Å². The monoisotopic (exact) mass is 619 g/mol. The lowest BCUT2D eigenvalue weighted by molar-refractivity contribution is -0.189. The fourth-order valence-corrected chi connectivity index (χ4v) is 6.63. The van der Waals surface area contributed by atoms with Crippen LogP contribution in [0.5, 0.6) is 5.75 Å². The summed E-state index contributed by atoms with van der Waals surface area (Å²) in [4.78, 5) is 56.2. The quantitative estimate of drug-likeness (QED) is 0.0737. The zero-order chi connectivity index (χ0) is 32.1. The van der Waals surface area contributed by atoms with Crippen molar-refractivity contribution in [2.45, 2.75) is 110 Å². The zero-order valence-corrected chi connectivity index (χ0v) is 25.9. The van der Waals surface area contributed by atoms with Gasteiger partial charge in [0.1, 0.15) is 12.4 Å². The number of esters is 2. The van der Waals surface area contributed by atoms with Gasteiger partial charge in [0.15, 0.2) is 0 Å². The molecule has 1 amide bonds. The number of carbonyl (C=O) groups is 3. The molecular weight excluding hydrogens is 578 g/mol. The number of aryl methyl sites for hydroxylation is 1. The van der Waals surface area contributed by atoms with Crippen LogP contribution in [-0.4, -0.2) is 37.7 Å². The molecule has 5 rings (SSSR count). The van der Waals surface area contributed by atoms with Crippen LogP contribution < -0.4 is 11.0 Å². The highest BCUT2D eigenvalue weighted by molar-refractivity contribution is 5.90. The SMILES string of the molecule is CCc1c2c(nc3ccc(O)cc13)-c1cc3c(c(=O)n1C2)COC(=O)[C@@]3(CC)OC(=O)CCCCCCCCCCC(=O)NO. The number of pyridine rings is 2. The summed E-state index contributed by atoms with van der Waals surface area (Å²) >= 11 is 0. The molecule has 11 heteroatoms. The standard InChI is InChI=1S/C34H41N3O8/c1-3-22-23-17-21(38)15-16-27(23)35-31-24(22)19-37-28(31)18-26-25(32(37)41)20-44-33(42)34(26,4-2)45-30(40)14-12-10-8-6-5-7-9-11-13-29(39)36-43/h15-18,38,43H,3-14,19-20H2,1-2H3,(H,36,39)/t34-/m0/s1. The molecule has 0 spiro atoms. The van der Waals surface area contributed by atoms with Gasteiger partial charge in [-0.15, -0.1) is 0 Å². The smallest absolute Gasteiger partial charge is 0.355 e. The van der Waals surface area contributed by atoms with Crippen molar-refractivity contribution >= 4 is 28.7 Å². The van der Waals surface area contributed by atoms with Crippen LogP contribution in [0.25, 0.3) is 22.3 Å². The third kappa shape index (κ3) is 6.31. The largest absolute Gasteiger partial charge is 0.508 e. The van der Waals surface area contributed by atoms with E-state index in [9.17, 15) is 24.3 Å². The molecular formula is C34H41N3O8. The van der Waals surface area contributed by atoms with Crippen LogP contribution in [0.15, 0.2) is 29.1 Å². The summed E-state index contributed by atoms with van der Waals surface area (Å²) in [6, 6.07) is 6.80. The summed E-state index contributed by atoms with van der Waals surface area (Å²) in [5.74, 6) is -1.41. The molecule has 3 N–H and O–H groups in total. The number of hydrogen-bond donors (Lipinski definition) is 3. The number of phenolic OH excluding ortho intramolecular Hbond substituents is 1. The molecule has 0 fully saturated rings. The maximum Gasteiger partial charge on any atom is 0.355 e. The zero-order valence-electron chi connectivity index (χ0n) is 25.9. The number of ether oxygens (including phenoxy) is 2. The van der Waals surface area contributed by atoms with Gasteiger partial charge in [-0.05, 0) is 55.5 Å². The molecule has 0 bridgehead atoms. The van der Waals surface area contributed by atoms with Crippen LogP contribution in [0.2, 0.25) is 0 Å². The number of phenols is 1. The Morgan fingerprint density at radius 1 is 1.00 bits per heavy atom. The summed E-state index contributed by atoms with van der Waals surface area (Å²) in [6.45, 7) is 3.88. The summed E-state index contributed by atoms with van der Waals surface area (Å²) < 4.78 is 13.0. The minimum atomic E-state index is -1.72. The average Bonchev–Trinajstić information content (AvgIpc) is 3.40. The van der Waals surface area contributed by atoms with Gasteiger partial charge in [0, 0.05) is 29.4 Å². The van der Waals surface area contributed by atoms with E-state index >= 15 is 0 Å². The van der Waals surface area contributed by atoms with E-state index in [4.69, 9.17) is 19.7 Å². The molecule has 4 heterocycles. The first-order valence-corrected chi connectivity index (χ1v) is 16.0. The van der Waals surface area contributed by atoms with E-state index in [1.54, 1.807) is 41.2 Å². The van der Waals surface area contributed by atoms with E-state index in [0.29, 0.717) is 53.8 Å². The topological polar surface area (TPSA) is 157 Å². The Balaban J connectivity index is 1.30. The molecule has 45 heavy (non-hydrogen) atoms. The van der Waals surface area contributed by atoms with Gasteiger partial charge >= 0.3 is 11.9 Å². The summed E-state index contributed by atoms with van der Waals surface area (Å²) in [6.07, 6.45) is 8.38. The first kappa shape index (κ1) is 32.2. The molecule has 0 saturated heterocycles. The normalized spacial score (nSPS) is 16.6. The van der Waals surface area contributed by atoms with Gasteiger partial charge in [-0.25, -0.2) is 15.3 Å². The second kappa shape index (κ2) is 13.8. The molecule has 0 unspecified atom stereocenters. The number of aromatic hydroxyl groups is 1. The molecule has 3 aromatic rings. The highest BCUT2D eigenvalue weighted by Crippen LogP contribution is 2.42. The van der Waals surface area contributed by atoms with Crippen LogP contribution in [0.1, 0.15) is 107 Å². The third-order valence-electron chi connectivity index (χ3n) is 9.06. The predicted molar refractivity (Wildman–Crippen MR) is 166 cm³/mol. The maximum absolute atomic E-state index is 13.9. The van der Waals surface area contributed by atoms with Crippen LogP contribution in [0.3, 0.4) is 0 Å². The van der Waals surface area contributed by atoms with Crippen LogP contribution in [-0.2, 0) is 49.0 Å². The fourth-order valence-electron chi connectivity index (χ4n) is 6.63. The summed E-state index contributed by atoms with van der Waals surface area (Å²) in [5, 5.41) is 19.5. The second-order valence-corrected chi connectivity index (χ2v) is 11.9. The molecule has 240 valence electrons. The van der Waals surface area contributed by atoms with Gasteiger partial charge in [-0.3, -0.25) is 19.6 Å². The van der Waals surface area contributed by atoms with Crippen molar-refractivity contribution in [3.63, 3.8) is 0 Å². The van der Waals surface area contributed by atoms with Crippen molar-refractivity contribution in [1.82, 2.24) is 15.0 Å². The van der Waals surface area contributed by atoms with Crippen molar-refractivity contribution in [2.24, 2.45) is 0 Å². The van der Waals surface area contributed by atoms with Crippen LogP contribution >= 0.6 is 0 Å². The number of nitrogens with one attached hydrogen (secondary N) is 1.